The minimum absolute atomic E-state index is 0.0384. The summed E-state index contributed by atoms with van der Waals surface area (Å²) in [5, 5.41) is 12.1. The van der Waals surface area contributed by atoms with Crippen LogP contribution in [0.3, 0.4) is 0 Å². The van der Waals surface area contributed by atoms with Crippen LogP contribution >= 0.6 is 0 Å². The number of nitro benzene ring substituents is 1. The van der Waals surface area contributed by atoms with E-state index in [1.165, 1.54) is 12.1 Å². The summed E-state index contributed by atoms with van der Waals surface area (Å²) in [5.74, 6) is 1.17. The van der Waals surface area contributed by atoms with E-state index >= 15 is 0 Å². The predicted molar refractivity (Wildman–Crippen MR) is 87.0 cm³/mol. The van der Waals surface area contributed by atoms with Crippen LogP contribution in [0.4, 0.5) is 5.69 Å². The summed E-state index contributed by atoms with van der Waals surface area (Å²) < 4.78 is 17.1. The zero-order valence-electron chi connectivity index (χ0n) is 12.0. The number of nitro groups is 1. The second-order valence-electron chi connectivity index (χ2n) is 4.52. The third-order valence-electron chi connectivity index (χ3n) is 2.98. The number of rotatable bonds is 6. The summed E-state index contributed by atoms with van der Waals surface area (Å²) >= 11 is -1.15. The van der Waals surface area contributed by atoms with Crippen LogP contribution in [0.5, 0.6) is 5.75 Å². The molecule has 2 aromatic rings. The fraction of sp³-hybridized carbons (Fsp3) is 0.125. The Kier molecular flexibility index (Phi) is 5.57. The summed E-state index contributed by atoms with van der Waals surface area (Å²) in [4.78, 5) is 10.1. The van der Waals surface area contributed by atoms with Crippen LogP contribution in [0, 0.1) is 10.1 Å². The monoisotopic (exact) mass is 317 g/mol. The van der Waals surface area contributed by atoms with Gasteiger partial charge in [-0.1, -0.05) is 12.1 Å². The van der Waals surface area contributed by atoms with Crippen LogP contribution in [-0.4, -0.2) is 16.6 Å². The maximum atomic E-state index is 12.0. The largest absolute Gasteiger partial charge is 0.612 e. The standard InChI is InChI=1S/C16H15NO4S/c1-21-16-8-4-14(5-9-16)12-22(20)11-10-13-2-6-15(7-3-13)17(18)19/h2-11H,12H2,1H3/b11-10+. The quantitative estimate of drug-likeness (QED) is 0.464. The number of nitrogens with zero attached hydrogens (tertiary/aromatic N) is 1. The van der Waals surface area contributed by atoms with Crippen LogP contribution in [0.25, 0.3) is 6.08 Å². The molecule has 0 amide bonds. The van der Waals surface area contributed by atoms with E-state index in [4.69, 9.17) is 4.74 Å². The highest BCUT2D eigenvalue weighted by atomic mass is 32.2. The SMILES string of the molecule is COc1ccc(C[S+]([O-])/C=C/c2ccc([N+](=O)[O-])cc2)cc1. The van der Waals surface area contributed by atoms with Crippen molar-refractivity contribution in [3.63, 3.8) is 0 Å². The molecule has 0 saturated carbocycles. The van der Waals surface area contributed by atoms with E-state index in [0.717, 1.165) is 16.9 Å². The fourth-order valence-corrected chi connectivity index (χ4v) is 2.72. The van der Waals surface area contributed by atoms with Gasteiger partial charge in [0.1, 0.15) is 16.9 Å². The molecule has 0 heterocycles. The maximum absolute atomic E-state index is 12.0. The zero-order valence-corrected chi connectivity index (χ0v) is 12.8. The van der Waals surface area contributed by atoms with Gasteiger partial charge in [0.15, 0.2) is 0 Å². The molecule has 0 aliphatic carbocycles. The lowest BCUT2D eigenvalue weighted by Crippen LogP contribution is -2.00. The Bertz CT molecular complexity index is 653. The van der Waals surface area contributed by atoms with E-state index in [-0.39, 0.29) is 5.69 Å². The van der Waals surface area contributed by atoms with Gasteiger partial charge < -0.3 is 9.29 Å². The lowest BCUT2D eigenvalue weighted by atomic mass is 10.2. The van der Waals surface area contributed by atoms with Crippen LogP contribution in [-0.2, 0) is 16.9 Å². The Morgan fingerprint density at radius 1 is 1.14 bits per heavy atom. The summed E-state index contributed by atoms with van der Waals surface area (Å²) in [6.45, 7) is 0. The number of non-ortho nitro benzene ring substituents is 1. The molecule has 2 rings (SSSR count). The minimum Gasteiger partial charge on any atom is -0.612 e. The number of ether oxygens (including phenoxy) is 1. The van der Waals surface area contributed by atoms with Gasteiger partial charge in [0.05, 0.1) is 12.0 Å². The van der Waals surface area contributed by atoms with E-state index in [1.54, 1.807) is 30.7 Å². The molecule has 1 atom stereocenters. The van der Waals surface area contributed by atoms with Gasteiger partial charge in [-0.2, -0.15) is 0 Å². The number of methoxy groups -OCH3 is 1. The van der Waals surface area contributed by atoms with Crippen molar-refractivity contribution in [2.75, 3.05) is 7.11 Å². The first-order chi connectivity index (χ1) is 10.6. The van der Waals surface area contributed by atoms with Crippen molar-refractivity contribution in [1.82, 2.24) is 0 Å². The molecule has 22 heavy (non-hydrogen) atoms. The van der Waals surface area contributed by atoms with Crippen molar-refractivity contribution in [3.8, 4) is 5.75 Å². The molecule has 0 bridgehead atoms. The number of hydrogen-bond acceptors (Lipinski definition) is 4. The molecule has 0 aromatic heterocycles. The maximum Gasteiger partial charge on any atom is 0.269 e. The smallest absolute Gasteiger partial charge is 0.269 e. The third kappa shape index (κ3) is 4.61. The lowest BCUT2D eigenvalue weighted by Gasteiger charge is -2.06. The van der Waals surface area contributed by atoms with Crippen LogP contribution in [0.1, 0.15) is 11.1 Å². The molecule has 0 radical (unpaired) electrons. The van der Waals surface area contributed by atoms with Crippen LogP contribution < -0.4 is 4.74 Å². The average Bonchev–Trinajstić information content (AvgIpc) is 2.54. The molecule has 0 saturated heterocycles. The number of benzene rings is 2. The van der Waals surface area contributed by atoms with Crippen molar-refractivity contribution in [2.45, 2.75) is 5.75 Å². The molecular formula is C16H15NO4S. The van der Waals surface area contributed by atoms with Gasteiger partial charge in [-0.3, -0.25) is 10.1 Å². The van der Waals surface area contributed by atoms with E-state index in [0.29, 0.717) is 5.75 Å². The summed E-state index contributed by atoms with van der Waals surface area (Å²) in [7, 11) is 1.60. The molecule has 0 fully saturated rings. The Balaban J connectivity index is 1.95. The van der Waals surface area contributed by atoms with Gasteiger partial charge in [0.2, 0.25) is 0 Å². The summed E-state index contributed by atoms with van der Waals surface area (Å²) in [6.07, 6.45) is 1.70. The minimum atomic E-state index is -1.15. The predicted octanol–water partition coefficient (Wildman–Crippen LogP) is 3.52. The van der Waals surface area contributed by atoms with Gasteiger partial charge >= 0.3 is 0 Å². The molecule has 0 spiro atoms. The summed E-state index contributed by atoms with van der Waals surface area (Å²) in [5.41, 5.74) is 1.76. The van der Waals surface area contributed by atoms with E-state index in [2.05, 4.69) is 0 Å². The van der Waals surface area contributed by atoms with Crippen molar-refractivity contribution in [1.29, 1.82) is 0 Å². The molecule has 0 N–H and O–H groups in total. The molecule has 5 nitrogen and oxygen atoms in total. The van der Waals surface area contributed by atoms with Gasteiger partial charge in [0, 0.05) is 17.7 Å². The first kappa shape index (κ1) is 16.1. The van der Waals surface area contributed by atoms with Crippen molar-refractivity contribution >= 4 is 22.9 Å². The first-order valence-corrected chi connectivity index (χ1v) is 7.89. The fourth-order valence-electron chi connectivity index (χ4n) is 1.80. The van der Waals surface area contributed by atoms with Crippen LogP contribution in [0.2, 0.25) is 0 Å². The van der Waals surface area contributed by atoms with Crippen molar-refractivity contribution in [2.24, 2.45) is 0 Å². The Hall–Kier alpha value is -2.31. The Labute approximate surface area is 131 Å². The Morgan fingerprint density at radius 2 is 1.77 bits per heavy atom. The molecule has 0 aliphatic rings. The van der Waals surface area contributed by atoms with Gasteiger partial charge in [-0.15, -0.1) is 0 Å². The van der Waals surface area contributed by atoms with Crippen molar-refractivity contribution < 1.29 is 14.2 Å². The lowest BCUT2D eigenvalue weighted by molar-refractivity contribution is -0.384. The first-order valence-electron chi connectivity index (χ1n) is 6.51. The topological polar surface area (TPSA) is 75.4 Å². The molecule has 1 unspecified atom stereocenters. The molecular weight excluding hydrogens is 302 g/mol. The zero-order chi connectivity index (χ0) is 15.9. The van der Waals surface area contributed by atoms with Gasteiger partial charge in [-0.05, 0) is 47.1 Å². The number of hydrogen-bond donors (Lipinski definition) is 0. The Morgan fingerprint density at radius 3 is 2.32 bits per heavy atom. The third-order valence-corrected chi connectivity index (χ3v) is 4.04. The molecule has 2 aromatic carbocycles. The van der Waals surface area contributed by atoms with E-state index < -0.39 is 16.1 Å². The van der Waals surface area contributed by atoms with Gasteiger partial charge in [-0.25, -0.2) is 0 Å². The van der Waals surface area contributed by atoms with Crippen molar-refractivity contribution in [3.05, 3.63) is 75.2 Å². The average molecular weight is 317 g/mol. The highest BCUT2D eigenvalue weighted by Crippen LogP contribution is 2.16. The second-order valence-corrected chi connectivity index (χ2v) is 5.85. The normalized spacial score (nSPS) is 12.3. The van der Waals surface area contributed by atoms with Crippen LogP contribution in [0.15, 0.2) is 53.9 Å². The summed E-state index contributed by atoms with van der Waals surface area (Å²) in [6, 6.07) is 13.5. The highest BCUT2D eigenvalue weighted by Gasteiger charge is 2.06. The second kappa shape index (κ2) is 7.63. The highest BCUT2D eigenvalue weighted by molar-refractivity contribution is 7.93. The molecule has 0 aliphatic heterocycles. The van der Waals surface area contributed by atoms with Gasteiger partial charge in [0.25, 0.3) is 5.69 Å². The molecule has 114 valence electrons. The van der Waals surface area contributed by atoms with E-state index in [1.807, 2.05) is 24.3 Å². The van der Waals surface area contributed by atoms with E-state index in [9.17, 15) is 14.7 Å². The molecule has 6 heteroatoms.